The molecule has 1 aliphatic rings. The van der Waals surface area contributed by atoms with Crippen LogP contribution in [0.25, 0.3) is 11.3 Å². The van der Waals surface area contributed by atoms with Gasteiger partial charge in [-0.15, -0.1) is 0 Å². The zero-order chi connectivity index (χ0) is 22.2. The molecule has 31 heavy (non-hydrogen) atoms. The monoisotopic (exact) mass is 426 g/mol. The third-order valence-electron chi connectivity index (χ3n) is 5.66. The molecule has 3 rings (SSSR count). The summed E-state index contributed by atoms with van der Waals surface area (Å²) in [6, 6.07) is 9.70. The molecule has 0 bridgehead atoms. The summed E-state index contributed by atoms with van der Waals surface area (Å²) in [5.74, 6) is -0.339. The van der Waals surface area contributed by atoms with Crippen molar-refractivity contribution in [3.05, 3.63) is 54.0 Å². The number of hydrogen-bond acceptors (Lipinski definition) is 4. The first-order valence-corrected chi connectivity index (χ1v) is 10.9. The lowest BCUT2D eigenvalue weighted by molar-refractivity contribution is -0.126. The number of benzene rings is 1. The van der Waals surface area contributed by atoms with E-state index in [1.165, 1.54) is 18.3 Å². The quantitative estimate of drug-likeness (QED) is 0.636. The Bertz CT molecular complexity index is 877. The highest BCUT2D eigenvalue weighted by molar-refractivity contribution is 5.94. The van der Waals surface area contributed by atoms with Crippen molar-refractivity contribution in [1.82, 2.24) is 20.5 Å². The topological polar surface area (TPSA) is 74.3 Å². The van der Waals surface area contributed by atoms with Gasteiger partial charge in [-0.25, -0.2) is 4.39 Å². The van der Waals surface area contributed by atoms with E-state index in [1.807, 2.05) is 14.1 Å². The molecule has 0 unspecified atom stereocenters. The molecule has 0 spiro atoms. The van der Waals surface area contributed by atoms with Crippen LogP contribution >= 0.6 is 0 Å². The van der Waals surface area contributed by atoms with Crippen molar-refractivity contribution in [2.45, 2.75) is 38.1 Å². The van der Waals surface area contributed by atoms with E-state index in [1.54, 1.807) is 24.3 Å². The molecule has 1 aliphatic carbocycles. The van der Waals surface area contributed by atoms with E-state index in [4.69, 9.17) is 0 Å². The number of rotatable bonds is 8. The van der Waals surface area contributed by atoms with Crippen LogP contribution in [0, 0.1) is 11.7 Å². The average Bonchev–Trinajstić information content (AvgIpc) is 2.77. The first-order valence-electron chi connectivity index (χ1n) is 10.9. The third kappa shape index (κ3) is 6.85. The highest BCUT2D eigenvalue weighted by Crippen LogP contribution is 2.25. The van der Waals surface area contributed by atoms with Crippen molar-refractivity contribution in [1.29, 1.82) is 0 Å². The number of pyridine rings is 1. The Morgan fingerprint density at radius 3 is 2.55 bits per heavy atom. The number of nitrogens with zero attached hydrogens (tertiary/aromatic N) is 2. The predicted octanol–water partition coefficient (Wildman–Crippen LogP) is 3.24. The second-order valence-corrected chi connectivity index (χ2v) is 8.41. The minimum absolute atomic E-state index is 0.0275. The summed E-state index contributed by atoms with van der Waals surface area (Å²) in [5, 5.41) is 6.08. The fraction of sp³-hybridized carbons (Fsp3) is 0.458. The number of halogens is 1. The Balaban J connectivity index is 1.44. The molecule has 0 radical (unpaired) electrons. The number of hydrogen-bond donors (Lipinski definition) is 2. The Labute approximate surface area is 183 Å². The van der Waals surface area contributed by atoms with E-state index in [9.17, 15) is 14.0 Å². The SMILES string of the molecule is CN(C)CCCNC(=O)[C@H]1CC[C@H](NC(=O)c2ccc(-c3cccc(F)c3)nc2)CC1. The van der Waals surface area contributed by atoms with Gasteiger partial charge in [-0.2, -0.15) is 0 Å². The Morgan fingerprint density at radius 1 is 1.13 bits per heavy atom. The molecule has 0 saturated heterocycles. The van der Waals surface area contributed by atoms with Gasteiger partial charge in [-0.05, 0) is 77.0 Å². The first-order chi connectivity index (χ1) is 14.9. The summed E-state index contributed by atoms with van der Waals surface area (Å²) in [7, 11) is 4.04. The van der Waals surface area contributed by atoms with Gasteiger partial charge in [-0.1, -0.05) is 12.1 Å². The van der Waals surface area contributed by atoms with E-state index in [0.717, 1.165) is 38.6 Å². The molecule has 1 aromatic carbocycles. The van der Waals surface area contributed by atoms with Crippen LogP contribution in [0.15, 0.2) is 42.6 Å². The number of carbonyl (C=O) groups excluding carboxylic acids is 2. The maximum Gasteiger partial charge on any atom is 0.253 e. The summed E-state index contributed by atoms with van der Waals surface area (Å²) in [6.45, 7) is 1.66. The van der Waals surface area contributed by atoms with Gasteiger partial charge in [0.15, 0.2) is 0 Å². The highest BCUT2D eigenvalue weighted by atomic mass is 19.1. The van der Waals surface area contributed by atoms with E-state index < -0.39 is 0 Å². The second kappa shape index (κ2) is 11.0. The maximum absolute atomic E-state index is 13.4. The van der Waals surface area contributed by atoms with Crippen molar-refractivity contribution in [3.8, 4) is 11.3 Å². The number of aromatic nitrogens is 1. The fourth-order valence-electron chi connectivity index (χ4n) is 3.87. The van der Waals surface area contributed by atoms with Crippen LogP contribution in [-0.2, 0) is 4.79 Å². The van der Waals surface area contributed by atoms with E-state index >= 15 is 0 Å². The van der Waals surface area contributed by atoms with Crippen molar-refractivity contribution < 1.29 is 14.0 Å². The summed E-state index contributed by atoms with van der Waals surface area (Å²) in [5.41, 5.74) is 1.76. The lowest BCUT2D eigenvalue weighted by Gasteiger charge is -2.28. The first kappa shape index (κ1) is 22.9. The van der Waals surface area contributed by atoms with Gasteiger partial charge in [0.25, 0.3) is 5.91 Å². The fourth-order valence-corrected chi connectivity index (χ4v) is 3.87. The molecule has 6 nitrogen and oxygen atoms in total. The second-order valence-electron chi connectivity index (χ2n) is 8.41. The summed E-state index contributed by atoms with van der Waals surface area (Å²) >= 11 is 0. The molecule has 1 saturated carbocycles. The number of nitrogens with one attached hydrogen (secondary N) is 2. The number of amides is 2. The van der Waals surface area contributed by atoms with Crippen LogP contribution in [0.1, 0.15) is 42.5 Å². The van der Waals surface area contributed by atoms with Gasteiger partial charge in [0.05, 0.1) is 11.3 Å². The van der Waals surface area contributed by atoms with Crippen molar-refractivity contribution >= 4 is 11.8 Å². The van der Waals surface area contributed by atoms with Crippen molar-refractivity contribution in [3.63, 3.8) is 0 Å². The molecule has 0 atom stereocenters. The molecule has 1 fully saturated rings. The lowest BCUT2D eigenvalue weighted by atomic mass is 9.85. The summed E-state index contributed by atoms with van der Waals surface area (Å²) in [4.78, 5) is 31.3. The van der Waals surface area contributed by atoms with Crippen molar-refractivity contribution in [2.24, 2.45) is 5.92 Å². The zero-order valence-electron chi connectivity index (χ0n) is 18.2. The maximum atomic E-state index is 13.4. The van der Waals surface area contributed by atoms with Crippen LogP contribution in [0.4, 0.5) is 4.39 Å². The predicted molar refractivity (Wildman–Crippen MR) is 119 cm³/mol. The number of carbonyl (C=O) groups is 2. The standard InChI is InChI=1S/C24H31FN4O2/c1-29(2)14-4-13-26-23(30)17-7-10-21(11-8-17)28-24(31)19-9-12-22(27-16-19)18-5-3-6-20(25)15-18/h3,5-6,9,12,15-17,21H,4,7-8,10-11,13-14H2,1-2H3,(H,26,30)(H,28,31)/t17-,21-. The van der Waals surface area contributed by atoms with Gasteiger partial charge in [0.1, 0.15) is 5.82 Å². The zero-order valence-corrected chi connectivity index (χ0v) is 18.2. The van der Waals surface area contributed by atoms with E-state index in [0.29, 0.717) is 23.4 Å². The Kier molecular flexibility index (Phi) is 8.12. The van der Waals surface area contributed by atoms with Crippen molar-refractivity contribution in [2.75, 3.05) is 27.2 Å². The molecule has 7 heteroatoms. The van der Waals surface area contributed by atoms with Gasteiger partial charge in [0, 0.05) is 30.3 Å². The van der Waals surface area contributed by atoms with Gasteiger partial charge in [-0.3, -0.25) is 14.6 Å². The van der Waals surface area contributed by atoms with Gasteiger partial charge < -0.3 is 15.5 Å². The summed E-state index contributed by atoms with van der Waals surface area (Å²) < 4.78 is 13.4. The molecular formula is C24H31FN4O2. The van der Waals surface area contributed by atoms with Gasteiger partial charge in [0.2, 0.25) is 5.91 Å². The molecule has 0 aliphatic heterocycles. The molecule has 2 aromatic rings. The molecule has 2 N–H and O–H groups in total. The molecule has 2 amide bonds. The lowest BCUT2D eigenvalue weighted by Crippen LogP contribution is -2.41. The highest BCUT2D eigenvalue weighted by Gasteiger charge is 2.27. The minimum atomic E-state index is -0.320. The average molecular weight is 427 g/mol. The van der Waals surface area contributed by atoms with E-state index in [2.05, 4.69) is 20.5 Å². The molecule has 166 valence electrons. The smallest absolute Gasteiger partial charge is 0.253 e. The minimum Gasteiger partial charge on any atom is -0.356 e. The Morgan fingerprint density at radius 2 is 1.90 bits per heavy atom. The van der Waals surface area contributed by atoms with E-state index in [-0.39, 0.29) is 29.6 Å². The van der Waals surface area contributed by atoms with Gasteiger partial charge >= 0.3 is 0 Å². The molecule has 1 aromatic heterocycles. The van der Waals surface area contributed by atoms with Crippen LogP contribution in [0.2, 0.25) is 0 Å². The normalized spacial score (nSPS) is 18.6. The third-order valence-corrected chi connectivity index (χ3v) is 5.66. The molecular weight excluding hydrogens is 395 g/mol. The van der Waals surface area contributed by atoms with Crippen LogP contribution in [-0.4, -0.2) is 54.9 Å². The van der Waals surface area contributed by atoms with Crippen LogP contribution in [0.3, 0.4) is 0 Å². The summed E-state index contributed by atoms with van der Waals surface area (Å²) in [6.07, 6.45) is 5.59. The Hall–Kier alpha value is -2.80. The van der Waals surface area contributed by atoms with Crippen LogP contribution in [0.5, 0.6) is 0 Å². The molecule has 1 heterocycles. The van der Waals surface area contributed by atoms with Crippen LogP contribution < -0.4 is 10.6 Å². The largest absolute Gasteiger partial charge is 0.356 e.